The van der Waals surface area contributed by atoms with Gasteiger partial charge in [0, 0.05) is 16.1 Å². The van der Waals surface area contributed by atoms with Crippen molar-refractivity contribution in [1.29, 1.82) is 0 Å². The highest BCUT2D eigenvalue weighted by Crippen LogP contribution is 2.26. The van der Waals surface area contributed by atoms with E-state index in [1.165, 1.54) is 0 Å². The fraction of sp³-hybridized carbons (Fsp3) is 0.455. The molecule has 0 saturated heterocycles. The van der Waals surface area contributed by atoms with Crippen molar-refractivity contribution < 1.29 is 9.84 Å². The number of hydrogen-bond acceptors (Lipinski definition) is 2. The minimum atomic E-state index is -0.608. The Labute approximate surface area is 103 Å². The van der Waals surface area contributed by atoms with Gasteiger partial charge in [0.15, 0.2) is 0 Å². The van der Waals surface area contributed by atoms with Crippen molar-refractivity contribution in [2.24, 2.45) is 0 Å². The normalized spacial score (nSPS) is 12.8. The van der Waals surface area contributed by atoms with Gasteiger partial charge >= 0.3 is 0 Å². The van der Waals surface area contributed by atoms with Crippen LogP contribution in [0.2, 0.25) is 5.02 Å². The fourth-order valence-electron chi connectivity index (χ4n) is 1.20. The monoisotopic (exact) mass is 292 g/mol. The van der Waals surface area contributed by atoms with Gasteiger partial charge in [0.25, 0.3) is 0 Å². The molecular formula is C11H14BrClO2. The average molecular weight is 294 g/mol. The molecule has 1 N–H and O–H groups in total. The first-order valence-corrected chi connectivity index (χ1v) is 6.03. The van der Waals surface area contributed by atoms with E-state index in [2.05, 4.69) is 15.9 Å². The number of hydrogen-bond donors (Lipinski definition) is 1. The largest absolute Gasteiger partial charge is 0.386 e. The highest BCUT2D eigenvalue weighted by Gasteiger charge is 2.11. The lowest BCUT2D eigenvalue weighted by atomic mass is 10.1. The number of ether oxygens (including phenoxy) is 1. The number of halogens is 2. The Kier molecular flexibility index (Phi) is 5.61. The van der Waals surface area contributed by atoms with Crippen LogP contribution in [-0.2, 0) is 4.74 Å². The Balaban J connectivity index is 2.61. The topological polar surface area (TPSA) is 29.5 Å². The smallest absolute Gasteiger partial charge is 0.103 e. The quantitative estimate of drug-likeness (QED) is 0.841. The molecule has 0 aliphatic heterocycles. The molecule has 0 aromatic heterocycles. The van der Waals surface area contributed by atoms with Crippen LogP contribution < -0.4 is 0 Å². The molecule has 84 valence electrons. The van der Waals surface area contributed by atoms with E-state index < -0.39 is 6.10 Å². The third-order valence-electron chi connectivity index (χ3n) is 1.95. The fourth-order valence-corrected chi connectivity index (χ4v) is 2.15. The van der Waals surface area contributed by atoms with E-state index in [0.29, 0.717) is 18.2 Å². The number of aliphatic hydroxyl groups excluding tert-OH is 1. The Bertz CT molecular complexity index is 317. The van der Waals surface area contributed by atoms with Crippen LogP contribution in [0.5, 0.6) is 0 Å². The van der Waals surface area contributed by atoms with Crippen molar-refractivity contribution in [1.82, 2.24) is 0 Å². The summed E-state index contributed by atoms with van der Waals surface area (Å²) < 4.78 is 6.09. The van der Waals surface area contributed by atoms with Gasteiger partial charge in [-0.3, -0.25) is 0 Å². The van der Waals surface area contributed by atoms with E-state index in [-0.39, 0.29) is 0 Å². The van der Waals surface area contributed by atoms with Crippen LogP contribution in [0.25, 0.3) is 0 Å². The van der Waals surface area contributed by atoms with Crippen molar-refractivity contribution in [2.75, 3.05) is 13.2 Å². The average Bonchev–Trinajstić information content (AvgIpc) is 2.17. The zero-order valence-corrected chi connectivity index (χ0v) is 10.9. The molecule has 0 aliphatic carbocycles. The summed E-state index contributed by atoms with van der Waals surface area (Å²) in [6.07, 6.45) is 0.345. The Morgan fingerprint density at radius 2 is 2.27 bits per heavy atom. The van der Waals surface area contributed by atoms with Gasteiger partial charge in [0.2, 0.25) is 0 Å². The number of benzene rings is 1. The van der Waals surface area contributed by atoms with Gasteiger partial charge in [-0.2, -0.15) is 0 Å². The van der Waals surface area contributed by atoms with Gasteiger partial charge in [-0.15, -0.1) is 0 Å². The Morgan fingerprint density at radius 3 is 2.87 bits per heavy atom. The maximum Gasteiger partial charge on any atom is 0.103 e. The molecular weight excluding hydrogens is 279 g/mol. The third-order valence-corrected chi connectivity index (χ3v) is 2.87. The van der Waals surface area contributed by atoms with Crippen LogP contribution in [-0.4, -0.2) is 18.3 Å². The minimum Gasteiger partial charge on any atom is -0.386 e. The van der Waals surface area contributed by atoms with Crippen LogP contribution in [0, 0.1) is 0 Å². The predicted molar refractivity (Wildman–Crippen MR) is 65.2 cm³/mol. The van der Waals surface area contributed by atoms with Gasteiger partial charge in [-0.05, 0) is 24.1 Å². The lowest BCUT2D eigenvalue weighted by Crippen LogP contribution is -2.08. The summed E-state index contributed by atoms with van der Waals surface area (Å²) in [7, 11) is 0. The molecule has 0 heterocycles. The molecule has 0 amide bonds. The molecule has 0 spiro atoms. The van der Waals surface area contributed by atoms with Gasteiger partial charge in [0.05, 0.1) is 6.61 Å². The maximum atomic E-state index is 9.82. The molecule has 1 atom stereocenters. The van der Waals surface area contributed by atoms with Crippen LogP contribution >= 0.6 is 27.5 Å². The van der Waals surface area contributed by atoms with Gasteiger partial charge in [0.1, 0.15) is 6.10 Å². The SMILES string of the molecule is CCCOCC(O)c1ccc(Cl)cc1Br. The molecule has 0 radical (unpaired) electrons. The highest BCUT2D eigenvalue weighted by atomic mass is 79.9. The second kappa shape index (κ2) is 6.48. The van der Waals surface area contributed by atoms with Crippen molar-refractivity contribution in [3.8, 4) is 0 Å². The summed E-state index contributed by atoms with van der Waals surface area (Å²) >= 11 is 9.16. The van der Waals surface area contributed by atoms with Crippen LogP contribution in [0.15, 0.2) is 22.7 Å². The van der Waals surface area contributed by atoms with Crippen molar-refractivity contribution in [3.05, 3.63) is 33.3 Å². The number of aliphatic hydroxyl groups is 1. The van der Waals surface area contributed by atoms with Crippen molar-refractivity contribution in [2.45, 2.75) is 19.4 Å². The Morgan fingerprint density at radius 1 is 1.53 bits per heavy atom. The third kappa shape index (κ3) is 4.11. The lowest BCUT2D eigenvalue weighted by Gasteiger charge is -2.13. The zero-order valence-electron chi connectivity index (χ0n) is 8.54. The summed E-state index contributed by atoms with van der Waals surface area (Å²) in [6.45, 7) is 3.01. The van der Waals surface area contributed by atoms with Crippen molar-refractivity contribution in [3.63, 3.8) is 0 Å². The molecule has 1 unspecified atom stereocenters. The van der Waals surface area contributed by atoms with Gasteiger partial charge in [-0.1, -0.05) is 40.5 Å². The van der Waals surface area contributed by atoms with Crippen LogP contribution in [0.4, 0.5) is 0 Å². The summed E-state index contributed by atoms with van der Waals surface area (Å²) in [4.78, 5) is 0. The maximum absolute atomic E-state index is 9.82. The summed E-state index contributed by atoms with van der Waals surface area (Å²) in [5.41, 5.74) is 0.801. The molecule has 15 heavy (non-hydrogen) atoms. The second-order valence-electron chi connectivity index (χ2n) is 3.26. The molecule has 1 aromatic rings. The first-order chi connectivity index (χ1) is 7.15. The van der Waals surface area contributed by atoms with E-state index in [4.69, 9.17) is 16.3 Å². The molecule has 4 heteroatoms. The molecule has 0 aliphatic rings. The van der Waals surface area contributed by atoms with E-state index >= 15 is 0 Å². The lowest BCUT2D eigenvalue weighted by molar-refractivity contribution is 0.0360. The molecule has 1 aromatic carbocycles. The standard InChI is InChI=1S/C11H14BrClO2/c1-2-5-15-7-11(14)9-4-3-8(13)6-10(9)12/h3-4,6,11,14H,2,5,7H2,1H3. The summed E-state index contributed by atoms with van der Waals surface area (Å²) in [6, 6.07) is 5.32. The molecule has 0 fully saturated rings. The molecule has 0 saturated carbocycles. The van der Waals surface area contributed by atoms with Gasteiger partial charge < -0.3 is 9.84 Å². The molecule has 1 rings (SSSR count). The van der Waals surface area contributed by atoms with E-state index in [1.54, 1.807) is 18.2 Å². The highest BCUT2D eigenvalue weighted by molar-refractivity contribution is 9.10. The number of rotatable bonds is 5. The second-order valence-corrected chi connectivity index (χ2v) is 4.55. The van der Waals surface area contributed by atoms with E-state index in [9.17, 15) is 5.11 Å². The van der Waals surface area contributed by atoms with Gasteiger partial charge in [-0.25, -0.2) is 0 Å². The first-order valence-electron chi connectivity index (χ1n) is 4.86. The van der Waals surface area contributed by atoms with Crippen molar-refractivity contribution >= 4 is 27.5 Å². The van der Waals surface area contributed by atoms with E-state index in [1.807, 2.05) is 6.92 Å². The summed E-state index contributed by atoms with van der Waals surface area (Å²) in [5, 5.41) is 10.5. The Hall–Kier alpha value is -0.0900. The van der Waals surface area contributed by atoms with Crippen LogP contribution in [0.1, 0.15) is 25.0 Å². The summed E-state index contributed by atoms with van der Waals surface area (Å²) in [5.74, 6) is 0. The first kappa shape index (κ1) is 13.0. The molecule has 0 bridgehead atoms. The van der Waals surface area contributed by atoms with Crippen LogP contribution in [0.3, 0.4) is 0 Å². The van der Waals surface area contributed by atoms with E-state index in [0.717, 1.165) is 16.5 Å². The zero-order chi connectivity index (χ0) is 11.3. The molecule has 2 nitrogen and oxygen atoms in total. The predicted octanol–water partition coefficient (Wildman–Crippen LogP) is 3.56. The minimum absolute atomic E-state index is 0.314.